The molecular weight excluding hydrogens is 309 g/mol. The van der Waals surface area contributed by atoms with E-state index in [1.807, 2.05) is 0 Å². The lowest BCUT2D eigenvalue weighted by Gasteiger charge is -2.24. The Morgan fingerprint density at radius 1 is 1.26 bits per heavy atom. The molecule has 7 heteroatoms. The van der Waals surface area contributed by atoms with Gasteiger partial charge in [0, 0.05) is 13.1 Å². The summed E-state index contributed by atoms with van der Waals surface area (Å²) < 4.78 is 38.6. The van der Waals surface area contributed by atoms with E-state index in [-0.39, 0.29) is 18.4 Å². The molecule has 4 nitrogen and oxygen atoms in total. The lowest BCUT2D eigenvalue weighted by atomic mass is 9.92. The Morgan fingerprint density at radius 2 is 1.96 bits per heavy atom. The summed E-state index contributed by atoms with van der Waals surface area (Å²) in [4.78, 5) is 25.5. The summed E-state index contributed by atoms with van der Waals surface area (Å²) in [5.41, 5.74) is 4.05. The van der Waals surface area contributed by atoms with Crippen molar-refractivity contribution in [2.75, 3.05) is 13.1 Å². The summed E-state index contributed by atoms with van der Waals surface area (Å²) in [6, 6.07) is 4.97. The largest absolute Gasteiger partial charge is 0.416 e. The van der Waals surface area contributed by atoms with Gasteiger partial charge < -0.3 is 10.6 Å². The second kappa shape index (κ2) is 5.25. The van der Waals surface area contributed by atoms with Gasteiger partial charge in [-0.2, -0.15) is 13.2 Å². The van der Waals surface area contributed by atoms with Crippen molar-refractivity contribution >= 4 is 11.8 Å². The Labute approximate surface area is 131 Å². The first-order valence-electron chi connectivity index (χ1n) is 7.50. The molecule has 3 rings (SSSR count). The van der Waals surface area contributed by atoms with Gasteiger partial charge in [-0.05, 0) is 30.9 Å². The molecule has 0 spiro atoms. The zero-order chi connectivity index (χ0) is 16.8. The van der Waals surface area contributed by atoms with E-state index >= 15 is 0 Å². The van der Waals surface area contributed by atoms with Crippen molar-refractivity contribution in [3.8, 4) is 0 Å². The second-order valence-corrected chi connectivity index (χ2v) is 6.30. The van der Waals surface area contributed by atoms with E-state index in [1.165, 1.54) is 6.07 Å². The molecule has 2 fully saturated rings. The van der Waals surface area contributed by atoms with Crippen LogP contribution in [0.15, 0.2) is 24.3 Å². The lowest BCUT2D eigenvalue weighted by Crippen LogP contribution is -2.39. The van der Waals surface area contributed by atoms with Crippen molar-refractivity contribution in [3.63, 3.8) is 0 Å². The molecule has 0 radical (unpaired) electrons. The van der Waals surface area contributed by atoms with Crippen LogP contribution in [-0.2, 0) is 21.2 Å². The minimum atomic E-state index is -4.43. The Hall–Kier alpha value is -2.05. The number of halogens is 3. The molecule has 1 aliphatic carbocycles. The number of nitrogens with two attached hydrogens (primary N) is 1. The molecule has 2 aliphatic rings. The van der Waals surface area contributed by atoms with E-state index in [0.29, 0.717) is 31.4 Å². The van der Waals surface area contributed by atoms with E-state index in [2.05, 4.69) is 0 Å². The van der Waals surface area contributed by atoms with Gasteiger partial charge in [-0.3, -0.25) is 9.59 Å². The maximum absolute atomic E-state index is 12.9. The Bertz CT molecular complexity index is 653. The van der Waals surface area contributed by atoms with Gasteiger partial charge in [0.1, 0.15) is 0 Å². The van der Waals surface area contributed by atoms with E-state index in [0.717, 1.165) is 12.1 Å². The van der Waals surface area contributed by atoms with Crippen molar-refractivity contribution in [1.82, 2.24) is 4.90 Å². The van der Waals surface area contributed by atoms with Gasteiger partial charge in [-0.25, -0.2) is 0 Å². The number of nitrogens with zero attached hydrogens (tertiary/aromatic N) is 1. The molecular formula is C16H17F3N2O2. The Kier molecular flexibility index (Phi) is 3.61. The first-order valence-corrected chi connectivity index (χ1v) is 7.50. The van der Waals surface area contributed by atoms with E-state index in [9.17, 15) is 22.8 Å². The predicted molar refractivity (Wildman–Crippen MR) is 76.2 cm³/mol. The molecule has 23 heavy (non-hydrogen) atoms. The molecule has 1 heterocycles. The van der Waals surface area contributed by atoms with Crippen molar-refractivity contribution in [1.29, 1.82) is 0 Å². The zero-order valence-electron chi connectivity index (χ0n) is 12.4. The smallest absolute Gasteiger partial charge is 0.369 e. The third-order valence-corrected chi connectivity index (χ3v) is 4.78. The van der Waals surface area contributed by atoms with Crippen molar-refractivity contribution in [2.45, 2.75) is 30.9 Å². The predicted octanol–water partition coefficient (Wildman–Crippen LogP) is 2.07. The van der Waals surface area contributed by atoms with Crippen LogP contribution in [0.2, 0.25) is 0 Å². The SMILES string of the molecule is NC(=O)C1CCN(C(=O)C2(c3cccc(C(F)(F)F)c3)CC2)C1. The number of likely N-dealkylation sites (tertiary alicyclic amines) is 1. The highest BCUT2D eigenvalue weighted by molar-refractivity contribution is 5.92. The number of carbonyl (C=O) groups is 2. The summed E-state index contributed by atoms with van der Waals surface area (Å²) in [5, 5.41) is 0. The fraction of sp³-hybridized carbons (Fsp3) is 0.500. The zero-order valence-corrected chi connectivity index (χ0v) is 12.4. The van der Waals surface area contributed by atoms with Crippen LogP contribution >= 0.6 is 0 Å². The minimum Gasteiger partial charge on any atom is -0.369 e. The molecule has 2 N–H and O–H groups in total. The summed E-state index contributed by atoms with van der Waals surface area (Å²) in [6.07, 6.45) is -2.85. The molecule has 1 aromatic rings. The van der Waals surface area contributed by atoms with Crippen molar-refractivity contribution < 1.29 is 22.8 Å². The third-order valence-electron chi connectivity index (χ3n) is 4.78. The van der Waals surface area contributed by atoms with Crippen LogP contribution in [0.3, 0.4) is 0 Å². The standard InChI is InChI=1S/C16H17F3N2O2/c17-16(18,19)12-3-1-2-11(8-12)15(5-6-15)14(23)21-7-4-10(9-21)13(20)22/h1-3,8,10H,4-7,9H2,(H2,20,22). The van der Waals surface area contributed by atoms with Gasteiger partial charge in [0.25, 0.3) is 0 Å². The number of amides is 2. The highest BCUT2D eigenvalue weighted by Gasteiger charge is 2.54. The fourth-order valence-electron chi connectivity index (χ4n) is 3.22. The van der Waals surface area contributed by atoms with Crippen molar-refractivity contribution in [3.05, 3.63) is 35.4 Å². The molecule has 0 bridgehead atoms. The van der Waals surface area contributed by atoms with Crippen molar-refractivity contribution in [2.24, 2.45) is 11.7 Å². The van der Waals surface area contributed by atoms with E-state index in [4.69, 9.17) is 5.73 Å². The normalized spacial score (nSPS) is 22.9. The summed E-state index contributed by atoms with van der Waals surface area (Å²) in [7, 11) is 0. The molecule has 2 amide bonds. The van der Waals surface area contributed by atoms with Crippen LogP contribution in [0, 0.1) is 5.92 Å². The summed E-state index contributed by atoms with van der Waals surface area (Å²) >= 11 is 0. The fourth-order valence-corrected chi connectivity index (χ4v) is 3.22. The Balaban J connectivity index is 1.83. The van der Waals surface area contributed by atoms with Gasteiger partial charge in [0.15, 0.2) is 0 Å². The number of benzene rings is 1. The summed E-state index contributed by atoms with van der Waals surface area (Å²) in [6.45, 7) is 0.683. The Morgan fingerprint density at radius 3 is 2.48 bits per heavy atom. The number of rotatable bonds is 3. The van der Waals surface area contributed by atoms with Crippen LogP contribution in [0.4, 0.5) is 13.2 Å². The van der Waals surface area contributed by atoms with Crippen LogP contribution in [0.25, 0.3) is 0 Å². The quantitative estimate of drug-likeness (QED) is 0.924. The number of hydrogen-bond donors (Lipinski definition) is 1. The molecule has 1 unspecified atom stereocenters. The molecule has 1 aliphatic heterocycles. The third kappa shape index (κ3) is 2.80. The van der Waals surface area contributed by atoms with Gasteiger partial charge in [-0.1, -0.05) is 18.2 Å². The molecule has 124 valence electrons. The highest BCUT2D eigenvalue weighted by Crippen LogP contribution is 2.51. The maximum atomic E-state index is 12.9. The highest BCUT2D eigenvalue weighted by atomic mass is 19.4. The minimum absolute atomic E-state index is 0.194. The van der Waals surface area contributed by atoms with Crippen LogP contribution < -0.4 is 5.73 Å². The first-order chi connectivity index (χ1) is 10.7. The van der Waals surface area contributed by atoms with Crippen LogP contribution in [0.1, 0.15) is 30.4 Å². The first kappa shape index (κ1) is 15.8. The number of carbonyl (C=O) groups excluding carboxylic acids is 2. The maximum Gasteiger partial charge on any atom is 0.416 e. The van der Waals surface area contributed by atoms with Gasteiger partial charge in [-0.15, -0.1) is 0 Å². The number of alkyl halides is 3. The molecule has 1 atom stereocenters. The second-order valence-electron chi connectivity index (χ2n) is 6.30. The van der Waals surface area contributed by atoms with Crippen LogP contribution in [-0.4, -0.2) is 29.8 Å². The van der Waals surface area contributed by atoms with Gasteiger partial charge >= 0.3 is 6.18 Å². The molecule has 1 saturated carbocycles. The average molecular weight is 326 g/mol. The average Bonchev–Trinajstić information content (AvgIpc) is 3.15. The molecule has 0 aromatic heterocycles. The topological polar surface area (TPSA) is 63.4 Å². The monoisotopic (exact) mass is 326 g/mol. The van der Waals surface area contributed by atoms with Gasteiger partial charge in [0.2, 0.25) is 11.8 Å². The molecule has 1 aromatic carbocycles. The lowest BCUT2D eigenvalue weighted by molar-refractivity contribution is -0.138. The van der Waals surface area contributed by atoms with E-state index < -0.39 is 23.1 Å². The molecule has 1 saturated heterocycles. The van der Waals surface area contributed by atoms with Crippen LogP contribution in [0.5, 0.6) is 0 Å². The number of primary amides is 1. The summed E-state index contributed by atoms with van der Waals surface area (Å²) in [5.74, 6) is -0.999. The van der Waals surface area contributed by atoms with E-state index in [1.54, 1.807) is 11.0 Å². The number of hydrogen-bond acceptors (Lipinski definition) is 2. The van der Waals surface area contributed by atoms with Gasteiger partial charge in [0.05, 0.1) is 16.9 Å².